The van der Waals surface area contributed by atoms with Crippen LogP contribution in [0.3, 0.4) is 0 Å². The van der Waals surface area contributed by atoms with Crippen LogP contribution in [0, 0.1) is 0 Å². The number of hydrogen-bond acceptors (Lipinski definition) is 7. The van der Waals surface area contributed by atoms with Gasteiger partial charge in [-0.3, -0.25) is 4.90 Å². The first kappa shape index (κ1) is 22.3. The fourth-order valence-corrected chi connectivity index (χ4v) is 7.73. The molecule has 3 aliphatic heterocycles. The normalized spacial score (nSPS) is 27.3. The molecule has 3 saturated heterocycles. The third-order valence-corrected chi connectivity index (χ3v) is 10.1. The second kappa shape index (κ2) is 8.38. The molecule has 1 aromatic carbocycles. The quantitative estimate of drug-likeness (QED) is 0.689. The highest BCUT2D eigenvalue weighted by atomic mass is 32.2. The highest BCUT2D eigenvalue weighted by molar-refractivity contribution is 7.91. The van der Waals surface area contributed by atoms with Crippen molar-refractivity contribution in [2.24, 2.45) is 0 Å². The molecule has 1 N–H and O–H groups in total. The topological polar surface area (TPSA) is 73.3 Å². The molecule has 0 unspecified atom stereocenters. The summed E-state index contributed by atoms with van der Waals surface area (Å²) in [5, 5.41) is 12.1. The van der Waals surface area contributed by atoms with Crippen LogP contribution in [0.25, 0.3) is 0 Å². The summed E-state index contributed by atoms with van der Waals surface area (Å²) in [5.41, 5.74) is 1.04. The average molecular weight is 478 g/mol. The minimum atomic E-state index is -3.48. The lowest BCUT2D eigenvalue weighted by molar-refractivity contribution is 0.0266. The molecule has 1 aromatic heterocycles. The van der Waals surface area contributed by atoms with Gasteiger partial charge in [-0.05, 0) is 49.4 Å². The Morgan fingerprint density at radius 2 is 1.94 bits per heavy atom. The van der Waals surface area contributed by atoms with E-state index in [1.165, 1.54) is 11.3 Å². The van der Waals surface area contributed by atoms with Gasteiger partial charge in [-0.15, -0.1) is 11.3 Å². The SMILES string of the molecule is CC(C)(O)c1ccc(N2CCN(S(=O)(=O)c3cccs3)C[C@H]2CN2C[C@H]3C[C@@H]2CO3)cc1. The predicted octanol–water partition coefficient (Wildman–Crippen LogP) is 2.33. The number of benzene rings is 1. The van der Waals surface area contributed by atoms with Gasteiger partial charge in [-0.1, -0.05) is 18.2 Å². The second-order valence-corrected chi connectivity index (χ2v) is 12.7. The van der Waals surface area contributed by atoms with Gasteiger partial charge in [-0.25, -0.2) is 8.42 Å². The number of fused-ring (bicyclic) bond motifs is 2. The van der Waals surface area contributed by atoms with Gasteiger partial charge in [0.05, 0.1) is 24.4 Å². The number of sulfonamides is 1. The third-order valence-electron chi connectivity index (χ3n) is 6.90. The molecule has 174 valence electrons. The Labute approximate surface area is 194 Å². The predicted molar refractivity (Wildman–Crippen MR) is 126 cm³/mol. The van der Waals surface area contributed by atoms with Crippen LogP contribution in [-0.2, 0) is 20.4 Å². The number of nitrogens with zero attached hydrogens (tertiary/aromatic N) is 3. The van der Waals surface area contributed by atoms with Gasteiger partial charge < -0.3 is 14.7 Å². The molecule has 32 heavy (non-hydrogen) atoms. The zero-order valence-corrected chi connectivity index (χ0v) is 20.2. The van der Waals surface area contributed by atoms with E-state index in [0.29, 0.717) is 36.0 Å². The van der Waals surface area contributed by atoms with Crippen LogP contribution in [0.4, 0.5) is 5.69 Å². The van der Waals surface area contributed by atoms with Crippen LogP contribution >= 0.6 is 11.3 Å². The van der Waals surface area contributed by atoms with E-state index >= 15 is 0 Å². The summed E-state index contributed by atoms with van der Waals surface area (Å²) in [7, 11) is -3.48. The largest absolute Gasteiger partial charge is 0.386 e. The van der Waals surface area contributed by atoms with Crippen molar-refractivity contribution in [2.75, 3.05) is 44.2 Å². The molecule has 0 spiro atoms. The number of rotatable bonds is 6. The highest BCUT2D eigenvalue weighted by Crippen LogP contribution is 2.32. The number of aliphatic hydroxyl groups is 1. The molecule has 2 bridgehead atoms. The minimum Gasteiger partial charge on any atom is -0.386 e. The number of hydrogen-bond donors (Lipinski definition) is 1. The molecule has 9 heteroatoms. The van der Waals surface area contributed by atoms with E-state index in [0.717, 1.165) is 37.4 Å². The summed E-state index contributed by atoms with van der Waals surface area (Å²) < 4.78 is 34.3. The monoisotopic (exact) mass is 477 g/mol. The van der Waals surface area contributed by atoms with E-state index in [2.05, 4.69) is 9.80 Å². The Hall–Kier alpha value is -1.49. The number of morpholine rings is 1. The van der Waals surface area contributed by atoms with E-state index in [1.54, 1.807) is 30.3 Å². The van der Waals surface area contributed by atoms with E-state index in [-0.39, 0.29) is 6.04 Å². The number of anilines is 1. The molecule has 3 aliphatic rings. The highest BCUT2D eigenvalue weighted by Gasteiger charge is 2.42. The fourth-order valence-electron chi connectivity index (χ4n) is 5.11. The molecule has 4 heterocycles. The Morgan fingerprint density at radius 1 is 1.16 bits per heavy atom. The van der Waals surface area contributed by atoms with E-state index in [4.69, 9.17) is 4.74 Å². The molecular formula is C23H31N3O4S2. The summed E-state index contributed by atoms with van der Waals surface area (Å²) in [5.74, 6) is 0. The average Bonchev–Trinajstić information content (AvgIpc) is 3.52. The first-order chi connectivity index (χ1) is 15.2. The first-order valence-corrected chi connectivity index (χ1v) is 13.5. The van der Waals surface area contributed by atoms with Crippen molar-refractivity contribution in [1.82, 2.24) is 9.21 Å². The lowest BCUT2D eigenvalue weighted by Crippen LogP contribution is -2.59. The summed E-state index contributed by atoms with van der Waals surface area (Å²) in [6, 6.07) is 12.0. The van der Waals surface area contributed by atoms with Gasteiger partial charge in [0.1, 0.15) is 4.21 Å². The van der Waals surface area contributed by atoms with Gasteiger partial charge >= 0.3 is 0 Å². The number of piperazine rings is 1. The van der Waals surface area contributed by atoms with Crippen LogP contribution in [0.5, 0.6) is 0 Å². The lowest BCUT2D eigenvalue weighted by Gasteiger charge is -2.44. The summed E-state index contributed by atoms with van der Waals surface area (Å²) in [4.78, 5) is 4.81. The molecular weight excluding hydrogens is 446 g/mol. The first-order valence-electron chi connectivity index (χ1n) is 11.2. The molecule has 0 radical (unpaired) electrons. The van der Waals surface area contributed by atoms with Gasteiger partial charge in [0.15, 0.2) is 0 Å². The summed E-state index contributed by atoms with van der Waals surface area (Å²) in [6.45, 7) is 7.62. The minimum absolute atomic E-state index is 0.0471. The fraction of sp³-hybridized carbons (Fsp3) is 0.565. The van der Waals surface area contributed by atoms with E-state index < -0.39 is 15.6 Å². The van der Waals surface area contributed by atoms with Crippen molar-refractivity contribution < 1.29 is 18.3 Å². The van der Waals surface area contributed by atoms with Crippen LogP contribution < -0.4 is 4.90 Å². The Balaban J connectivity index is 1.40. The van der Waals surface area contributed by atoms with Crippen molar-refractivity contribution >= 4 is 27.0 Å². The van der Waals surface area contributed by atoms with Crippen LogP contribution in [-0.4, -0.2) is 80.2 Å². The maximum absolute atomic E-state index is 13.2. The van der Waals surface area contributed by atoms with Crippen molar-refractivity contribution in [3.63, 3.8) is 0 Å². The van der Waals surface area contributed by atoms with Crippen LogP contribution in [0.15, 0.2) is 46.0 Å². The lowest BCUT2D eigenvalue weighted by atomic mass is 9.98. The molecule has 3 fully saturated rings. The van der Waals surface area contributed by atoms with Gasteiger partial charge in [-0.2, -0.15) is 4.31 Å². The molecule has 7 nitrogen and oxygen atoms in total. The smallest absolute Gasteiger partial charge is 0.252 e. The van der Waals surface area contributed by atoms with Crippen molar-refractivity contribution in [1.29, 1.82) is 0 Å². The Kier molecular flexibility index (Phi) is 5.84. The van der Waals surface area contributed by atoms with Crippen molar-refractivity contribution in [3.8, 4) is 0 Å². The van der Waals surface area contributed by atoms with Crippen molar-refractivity contribution in [2.45, 2.75) is 48.3 Å². The standard InChI is InChI=1S/C23H31N3O4S2/c1-23(2,27)17-5-7-18(8-6-17)26-10-9-25(32(28,29)22-4-3-11-31-22)14-20(26)13-24-15-21-12-19(24)16-30-21/h3-8,11,19-21,27H,9-10,12-16H2,1-2H3/t19-,20-,21-/m1/s1. The maximum atomic E-state index is 13.2. The molecule has 2 aromatic rings. The number of thiophene rings is 1. The summed E-state index contributed by atoms with van der Waals surface area (Å²) in [6.07, 6.45) is 1.39. The third kappa shape index (κ3) is 4.22. The Morgan fingerprint density at radius 3 is 2.53 bits per heavy atom. The number of ether oxygens (including phenoxy) is 1. The molecule has 0 amide bonds. The zero-order chi connectivity index (χ0) is 22.5. The van der Waals surface area contributed by atoms with Crippen molar-refractivity contribution in [3.05, 3.63) is 47.3 Å². The van der Waals surface area contributed by atoms with Gasteiger partial charge in [0, 0.05) is 44.5 Å². The molecule has 3 atom stereocenters. The molecule has 0 saturated carbocycles. The van der Waals surface area contributed by atoms with Gasteiger partial charge in [0.25, 0.3) is 10.0 Å². The maximum Gasteiger partial charge on any atom is 0.252 e. The second-order valence-electron chi connectivity index (χ2n) is 9.55. The van der Waals surface area contributed by atoms with Gasteiger partial charge in [0.2, 0.25) is 0 Å². The zero-order valence-electron chi connectivity index (χ0n) is 18.6. The molecule has 5 rings (SSSR count). The summed E-state index contributed by atoms with van der Waals surface area (Å²) >= 11 is 1.27. The van der Waals surface area contributed by atoms with Crippen LogP contribution in [0.1, 0.15) is 25.8 Å². The van der Waals surface area contributed by atoms with Crippen LogP contribution in [0.2, 0.25) is 0 Å². The molecule has 0 aliphatic carbocycles. The van der Waals surface area contributed by atoms with E-state index in [1.807, 2.05) is 29.6 Å². The van der Waals surface area contributed by atoms with E-state index in [9.17, 15) is 13.5 Å². The Bertz CT molecular complexity index is 1030. The number of likely N-dealkylation sites (tertiary alicyclic amines) is 1.